The van der Waals surface area contributed by atoms with Crippen molar-refractivity contribution in [1.29, 1.82) is 0 Å². The first kappa shape index (κ1) is 14.9. The fourth-order valence-electron chi connectivity index (χ4n) is 3.33. The van der Waals surface area contributed by atoms with Gasteiger partial charge in [0.05, 0.1) is 0 Å². The SMILES string of the molecule is O=S(=O)(N[C@@H]1CCN2CCCC[C@@H]12)c1cc(F)ccc1F. The van der Waals surface area contributed by atoms with Crippen molar-refractivity contribution >= 4 is 10.0 Å². The van der Waals surface area contributed by atoms with Gasteiger partial charge in [0, 0.05) is 18.6 Å². The third-order valence-electron chi connectivity index (χ3n) is 4.35. The summed E-state index contributed by atoms with van der Waals surface area (Å²) in [6, 6.07) is 2.42. The van der Waals surface area contributed by atoms with Gasteiger partial charge in [-0.05, 0) is 44.0 Å². The number of hydrogen-bond donors (Lipinski definition) is 1. The fraction of sp³-hybridized carbons (Fsp3) is 0.571. The lowest BCUT2D eigenvalue weighted by molar-refractivity contribution is 0.186. The van der Waals surface area contributed by atoms with E-state index >= 15 is 0 Å². The Morgan fingerprint density at radius 2 is 1.95 bits per heavy atom. The lowest BCUT2D eigenvalue weighted by atomic mass is 10.00. The van der Waals surface area contributed by atoms with Gasteiger partial charge in [0.2, 0.25) is 10.0 Å². The molecular weight excluding hydrogens is 298 g/mol. The summed E-state index contributed by atoms with van der Waals surface area (Å²) in [4.78, 5) is 1.66. The number of benzene rings is 1. The third kappa shape index (κ3) is 2.95. The molecular formula is C14H18F2N2O2S. The van der Waals surface area contributed by atoms with Gasteiger partial charge in [0.15, 0.2) is 0 Å². The van der Waals surface area contributed by atoms with Crippen LogP contribution in [0.3, 0.4) is 0 Å². The summed E-state index contributed by atoms with van der Waals surface area (Å²) in [5.41, 5.74) is 0. The van der Waals surface area contributed by atoms with E-state index in [2.05, 4.69) is 9.62 Å². The summed E-state index contributed by atoms with van der Waals surface area (Å²) >= 11 is 0. The summed E-state index contributed by atoms with van der Waals surface area (Å²) in [5.74, 6) is -1.69. The predicted octanol–water partition coefficient (Wildman–Crippen LogP) is 1.87. The summed E-state index contributed by atoms with van der Waals surface area (Å²) in [7, 11) is -4.04. The molecule has 7 heteroatoms. The van der Waals surface area contributed by atoms with Crippen LogP contribution in [0.25, 0.3) is 0 Å². The topological polar surface area (TPSA) is 49.4 Å². The molecule has 2 fully saturated rings. The number of fused-ring (bicyclic) bond motifs is 1. The minimum absolute atomic E-state index is 0.171. The van der Waals surface area contributed by atoms with E-state index in [1.54, 1.807) is 0 Å². The molecule has 3 rings (SSSR count). The second kappa shape index (κ2) is 5.62. The summed E-state index contributed by atoms with van der Waals surface area (Å²) in [6.45, 7) is 1.83. The second-order valence-electron chi connectivity index (χ2n) is 5.69. The molecule has 2 heterocycles. The lowest BCUT2D eigenvalue weighted by Crippen LogP contribution is -2.46. The van der Waals surface area contributed by atoms with E-state index in [4.69, 9.17) is 0 Å². The Hall–Kier alpha value is -1.05. The maximum Gasteiger partial charge on any atom is 0.243 e. The number of nitrogens with zero attached hydrogens (tertiary/aromatic N) is 1. The Bertz CT molecular complexity index is 636. The van der Waals surface area contributed by atoms with Gasteiger partial charge in [-0.2, -0.15) is 0 Å². The van der Waals surface area contributed by atoms with E-state index in [0.29, 0.717) is 6.42 Å². The standard InChI is InChI=1S/C14H18F2N2O2S/c15-10-4-5-11(16)14(9-10)21(19,20)17-12-6-8-18-7-2-1-3-13(12)18/h4-5,9,12-13,17H,1-3,6-8H2/t12-,13+/m1/s1. The van der Waals surface area contributed by atoms with Crippen LogP contribution in [0.1, 0.15) is 25.7 Å². The van der Waals surface area contributed by atoms with Crippen LogP contribution in [0.5, 0.6) is 0 Å². The molecule has 0 unspecified atom stereocenters. The third-order valence-corrected chi connectivity index (χ3v) is 5.85. The molecule has 21 heavy (non-hydrogen) atoms. The van der Waals surface area contributed by atoms with Gasteiger partial charge in [0.25, 0.3) is 0 Å². The molecule has 0 amide bonds. The molecule has 2 aliphatic heterocycles. The normalized spacial score (nSPS) is 26.8. The molecule has 2 atom stereocenters. The van der Waals surface area contributed by atoms with Gasteiger partial charge < -0.3 is 0 Å². The number of piperidine rings is 1. The average molecular weight is 316 g/mol. The molecule has 116 valence electrons. The zero-order chi connectivity index (χ0) is 15.0. The molecule has 0 aromatic heterocycles. The molecule has 0 saturated carbocycles. The molecule has 1 aromatic rings. The fourth-order valence-corrected chi connectivity index (χ4v) is 4.72. The largest absolute Gasteiger partial charge is 0.299 e. The maximum atomic E-state index is 13.7. The quantitative estimate of drug-likeness (QED) is 0.926. The average Bonchev–Trinajstić information content (AvgIpc) is 2.84. The first-order chi connectivity index (χ1) is 9.97. The van der Waals surface area contributed by atoms with Crippen molar-refractivity contribution in [2.45, 2.75) is 42.7 Å². The van der Waals surface area contributed by atoms with Crippen LogP contribution in [0.15, 0.2) is 23.1 Å². The molecule has 0 aliphatic carbocycles. The van der Waals surface area contributed by atoms with Gasteiger partial charge in [-0.1, -0.05) is 6.42 Å². The highest BCUT2D eigenvalue weighted by atomic mass is 32.2. The summed E-state index contributed by atoms with van der Waals surface area (Å²) in [5, 5.41) is 0. The Labute approximate surface area is 123 Å². The van der Waals surface area contributed by atoms with Crippen LogP contribution >= 0.6 is 0 Å². The van der Waals surface area contributed by atoms with Crippen molar-refractivity contribution < 1.29 is 17.2 Å². The molecule has 1 N–H and O–H groups in total. The van der Waals surface area contributed by atoms with Gasteiger partial charge in [-0.15, -0.1) is 0 Å². The smallest absolute Gasteiger partial charge is 0.243 e. The van der Waals surface area contributed by atoms with Crippen molar-refractivity contribution in [3.05, 3.63) is 29.8 Å². The molecule has 0 spiro atoms. The van der Waals surface area contributed by atoms with Gasteiger partial charge in [-0.25, -0.2) is 21.9 Å². The van der Waals surface area contributed by atoms with E-state index in [-0.39, 0.29) is 12.1 Å². The summed E-state index contributed by atoms with van der Waals surface area (Å²) in [6.07, 6.45) is 3.86. The number of halogens is 2. The molecule has 2 aliphatic rings. The van der Waals surface area contributed by atoms with Crippen molar-refractivity contribution in [3.63, 3.8) is 0 Å². The van der Waals surface area contributed by atoms with Crippen molar-refractivity contribution in [1.82, 2.24) is 9.62 Å². The molecule has 1 aromatic carbocycles. The van der Waals surface area contributed by atoms with E-state index in [0.717, 1.165) is 50.6 Å². The molecule has 0 bridgehead atoms. The zero-order valence-corrected chi connectivity index (χ0v) is 12.4. The first-order valence-corrected chi connectivity index (χ1v) is 8.67. The Balaban J connectivity index is 1.81. The Morgan fingerprint density at radius 1 is 1.14 bits per heavy atom. The Morgan fingerprint density at radius 3 is 2.76 bits per heavy atom. The highest BCUT2D eigenvalue weighted by molar-refractivity contribution is 7.89. The highest BCUT2D eigenvalue weighted by Gasteiger charge is 2.38. The highest BCUT2D eigenvalue weighted by Crippen LogP contribution is 2.28. The van der Waals surface area contributed by atoms with E-state index in [1.807, 2.05) is 0 Å². The number of rotatable bonds is 3. The van der Waals surface area contributed by atoms with Crippen LogP contribution < -0.4 is 4.72 Å². The monoisotopic (exact) mass is 316 g/mol. The minimum Gasteiger partial charge on any atom is -0.299 e. The molecule has 2 saturated heterocycles. The van der Waals surface area contributed by atoms with Crippen LogP contribution in [-0.2, 0) is 10.0 Å². The van der Waals surface area contributed by atoms with E-state index in [1.165, 1.54) is 0 Å². The number of nitrogens with one attached hydrogen (secondary N) is 1. The lowest BCUT2D eigenvalue weighted by Gasteiger charge is -2.32. The van der Waals surface area contributed by atoms with Crippen molar-refractivity contribution in [3.8, 4) is 0 Å². The van der Waals surface area contributed by atoms with Crippen molar-refractivity contribution in [2.24, 2.45) is 0 Å². The van der Waals surface area contributed by atoms with Crippen LogP contribution in [0, 0.1) is 11.6 Å². The van der Waals surface area contributed by atoms with Gasteiger partial charge in [0.1, 0.15) is 16.5 Å². The first-order valence-electron chi connectivity index (χ1n) is 7.19. The second-order valence-corrected chi connectivity index (χ2v) is 7.37. The van der Waals surface area contributed by atoms with Gasteiger partial charge >= 0.3 is 0 Å². The van der Waals surface area contributed by atoms with Crippen molar-refractivity contribution in [2.75, 3.05) is 13.1 Å². The van der Waals surface area contributed by atoms with E-state index < -0.39 is 26.6 Å². The van der Waals surface area contributed by atoms with Crippen LogP contribution in [0.4, 0.5) is 8.78 Å². The number of sulfonamides is 1. The number of hydrogen-bond acceptors (Lipinski definition) is 3. The molecule has 0 radical (unpaired) electrons. The zero-order valence-electron chi connectivity index (χ0n) is 11.6. The Kier molecular flexibility index (Phi) is 3.98. The maximum absolute atomic E-state index is 13.7. The van der Waals surface area contributed by atoms with Crippen LogP contribution in [-0.4, -0.2) is 38.5 Å². The van der Waals surface area contributed by atoms with Crippen LogP contribution in [0.2, 0.25) is 0 Å². The molecule has 4 nitrogen and oxygen atoms in total. The minimum atomic E-state index is -4.04. The predicted molar refractivity (Wildman–Crippen MR) is 74.3 cm³/mol. The van der Waals surface area contributed by atoms with E-state index in [9.17, 15) is 17.2 Å². The van der Waals surface area contributed by atoms with Gasteiger partial charge in [-0.3, -0.25) is 4.90 Å². The summed E-state index contributed by atoms with van der Waals surface area (Å²) < 4.78 is 54.0.